The summed E-state index contributed by atoms with van der Waals surface area (Å²) in [6.45, 7) is 1.50. The van der Waals surface area contributed by atoms with E-state index in [9.17, 15) is 20.0 Å². The Morgan fingerprint density at radius 2 is 2.15 bits per heavy atom. The van der Waals surface area contributed by atoms with Crippen molar-refractivity contribution in [2.24, 2.45) is 5.10 Å². The van der Waals surface area contributed by atoms with Crippen LogP contribution in [-0.4, -0.2) is 35.9 Å². The van der Waals surface area contributed by atoms with Crippen molar-refractivity contribution in [2.45, 2.75) is 6.92 Å². The first-order valence-electron chi connectivity index (χ1n) is 7.58. The lowest BCUT2D eigenvalue weighted by atomic mass is 10.2. The molecule has 0 aliphatic heterocycles. The zero-order valence-electron chi connectivity index (χ0n) is 14.4. The molecule has 0 aliphatic carbocycles. The first-order chi connectivity index (χ1) is 12.8. The number of phenolic OH excluding ortho intramolecular Hbond substituents is 1. The Morgan fingerprint density at radius 3 is 2.78 bits per heavy atom. The molecule has 0 saturated carbocycles. The Balaban J connectivity index is 2.00. The van der Waals surface area contributed by atoms with E-state index in [1.807, 2.05) is 0 Å². The van der Waals surface area contributed by atoms with Gasteiger partial charge in [0, 0.05) is 16.7 Å². The fourth-order valence-corrected chi connectivity index (χ4v) is 2.15. The van der Waals surface area contributed by atoms with Gasteiger partial charge in [-0.05, 0) is 30.7 Å². The number of rotatable bonds is 7. The summed E-state index contributed by atoms with van der Waals surface area (Å²) >= 11 is 5.91. The minimum Gasteiger partial charge on any atom is -0.504 e. The SMILES string of the molecule is COc1cc([N+](=O)[O-])cc(C=NNC(=O)COc2ccc(Cl)c(C)c2)c1O. The topological polar surface area (TPSA) is 123 Å². The second kappa shape index (κ2) is 8.86. The van der Waals surface area contributed by atoms with Gasteiger partial charge in [0.05, 0.1) is 24.3 Å². The Morgan fingerprint density at radius 1 is 1.41 bits per heavy atom. The molecule has 0 aromatic heterocycles. The quantitative estimate of drug-likeness (QED) is 0.423. The highest BCUT2D eigenvalue weighted by atomic mass is 35.5. The molecule has 2 rings (SSSR count). The number of hydrogen-bond acceptors (Lipinski definition) is 7. The van der Waals surface area contributed by atoms with Crippen molar-refractivity contribution < 1.29 is 24.3 Å². The number of nitrogens with one attached hydrogen (secondary N) is 1. The van der Waals surface area contributed by atoms with Crippen molar-refractivity contribution in [1.29, 1.82) is 0 Å². The van der Waals surface area contributed by atoms with E-state index in [0.29, 0.717) is 10.8 Å². The standard InChI is InChI=1S/C17H16ClN3O6/c1-10-5-13(3-4-14(10)18)27-9-16(22)20-19-8-11-6-12(21(24)25)7-15(26-2)17(11)23/h3-8,23H,9H2,1-2H3,(H,20,22). The summed E-state index contributed by atoms with van der Waals surface area (Å²) in [4.78, 5) is 22.0. The number of aryl methyl sites for hydroxylation is 1. The van der Waals surface area contributed by atoms with E-state index in [-0.39, 0.29) is 29.4 Å². The number of hydrazone groups is 1. The molecule has 10 heteroatoms. The van der Waals surface area contributed by atoms with Crippen LogP contribution in [0.15, 0.2) is 35.4 Å². The van der Waals surface area contributed by atoms with Crippen LogP contribution in [0.4, 0.5) is 5.69 Å². The predicted molar refractivity (Wildman–Crippen MR) is 98.7 cm³/mol. The number of halogens is 1. The minimum absolute atomic E-state index is 0.00981. The van der Waals surface area contributed by atoms with Crippen molar-refractivity contribution in [2.75, 3.05) is 13.7 Å². The van der Waals surface area contributed by atoms with Crippen molar-refractivity contribution in [3.63, 3.8) is 0 Å². The number of ether oxygens (including phenoxy) is 2. The lowest BCUT2D eigenvalue weighted by Gasteiger charge is -2.07. The molecular formula is C17H16ClN3O6. The second-order valence-electron chi connectivity index (χ2n) is 5.34. The number of hydrogen-bond donors (Lipinski definition) is 2. The summed E-state index contributed by atoms with van der Waals surface area (Å²) in [6.07, 6.45) is 1.06. The number of amides is 1. The van der Waals surface area contributed by atoms with Crippen molar-refractivity contribution in [3.05, 3.63) is 56.6 Å². The van der Waals surface area contributed by atoms with E-state index < -0.39 is 10.8 Å². The van der Waals surface area contributed by atoms with Crippen LogP contribution in [0, 0.1) is 17.0 Å². The molecule has 1 amide bonds. The molecule has 0 heterocycles. The number of phenols is 1. The Kier molecular flexibility index (Phi) is 6.56. The van der Waals surface area contributed by atoms with E-state index in [4.69, 9.17) is 21.1 Å². The Hall–Kier alpha value is -3.33. The lowest BCUT2D eigenvalue weighted by molar-refractivity contribution is -0.385. The van der Waals surface area contributed by atoms with E-state index in [0.717, 1.165) is 23.9 Å². The average molecular weight is 394 g/mol. The Bertz CT molecular complexity index is 900. The molecule has 9 nitrogen and oxygen atoms in total. The predicted octanol–water partition coefficient (Wildman–Crippen LogP) is 2.80. The third-order valence-electron chi connectivity index (χ3n) is 3.41. The molecule has 142 valence electrons. The zero-order valence-corrected chi connectivity index (χ0v) is 15.2. The van der Waals surface area contributed by atoms with Crippen LogP contribution < -0.4 is 14.9 Å². The highest BCUT2D eigenvalue weighted by molar-refractivity contribution is 6.31. The first kappa shape index (κ1) is 20.0. The molecule has 0 bridgehead atoms. The number of non-ortho nitro benzene ring substituents is 1. The fraction of sp³-hybridized carbons (Fsp3) is 0.176. The highest BCUT2D eigenvalue weighted by Crippen LogP contribution is 2.33. The minimum atomic E-state index is -0.639. The number of nitro benzene ring substituents is 1. The molecule has 0 saturated heterocycles. The summed E-state index contributed by atoms with van der Waals surface area (Å²) < 4.78 is 10.2. The van der Waals surface area contributed by atoms with Gasteiger partial charge < -0.3 is 14.6 Å². The number of carbonyl (C=O) groups is 1. The highest BCUT2D eigenvalue weighted by Gasteiger charge is 2.15. The van der Waals surface area contributed by atoms with Crippen molar-refractivity contribution >= 4 is 29.4 Å². The van der Waals surface area contributed by atoms with Crippen LogP contribution in [0.2, 0.25) is 5.02 Å². The summed E-state index contributed by atoms with van der Waals surface area (Å²) in [5.41, 5.74) is 2.72. The van der Waals surface area contributed by atoms with Crippen LogP contribution in [-0.2, 0) is 4.79 Å². The maximum atomic E-state index is 11.8. The average Bonchev–Trinajstić information content (AvgIpc) is 2.63. The van der Waals surface area contributed by atoms with Crippen LogP contribution in [0.1, 0.15) is 11.1 Å². The van der Waals surface area contributed by atoms with Gasteiger partial charge in [-0.2, -0.15) is 5.10 Å². The summed E-state index contributed by atoms with van der Waals surface area (Å²) in [7, 11) is 1.26. The van der Waals surface area contributed by atoms with E-state index >= 15 is 0 Å². The first-order valence-corrected chi connectivity index (χ1v) is 7.96. The van der Waals surface area contributed by atoms with Crippen LogP contribution in [0.25, 0.3) is 0 Å². The van der Waals surface area contributed by atoms with Gasteiger partial charge in [-0.1, -0.05) is 11.6 Å². The van der Waals surface area contributed by atoms with E-state index in [1.165, 1.54) is 7.11 Å². The molecule has 0 fully saturated rings. The summed E-state index contributed by atoms with van der Waals surface area (Å²) in [5.74, 6) is -0.514. The lowest BCUT2D eigenvalue weighted by Crippen LogP contribution is -2.24. The third-order valence-corrected chi connectivity index (χ3v) is 3.84. The van der Waals surface area contributed by atoms with Gasteiger partial charge in [-0.15, -0.1) is 0 Å². The van der Waals surface area contributed by atoms with Gasteiger partial charge in [-0.25, -0.2) is 5.43 Å². The molecule has 27 heavy (non-hydrogen) atoms. The molecule has 0 radical (unpaired) electrons. The zero-order chi connectivity index (χ0) is 20.0. The molecule has 2 N–H and O–H groups in total. The van der Waals surface area contributed by atoms with Gasteiger partial charge in [0.25, 0.3) is 11.6 Å². The number of nitrogens with zero attached hydrogens (tertiary/aromatic N) is 2. The summed E-state index contributed by atoms with van der Waals surface area (Å²) in [5, 5.41) is 25.1. The normalized spacial score (nSPS) is 10.6. The van der Waals surface area contributed by atoms with Gasteiger partial charge in [0.2, 0.25) is 0 Å². The summed E-state index contributed by atoms with van der Waals surface area (Å²) in [6, 6.07) is 7.14. The van der Waals surface area contributed by atoms with Gasteiger partial charge in [0.15, 0.2) is 18.1 Å². The molecular weight excluding hydrogens is 378 g/mol. The Labute approximate surface area is 159 Å². The monoisotopic (exact) mass is 393 g/mol. The molecule has 2 aromatic rings. The largest absolute Gasteiger partial charge is 0.504 e. The molecule has 0 unspecified atom stereocenters. The second-order valence-corrected chi connectivity index (χ2v) is 5.74. The third kappa shape index (κ3) is 5.32. The number of nitro groups is 1. The van der Waals surface area contributed by atoms with E-state index in [1.54, 1.807) is 25.1 Å². The maximum Gasteiger partial charge on any atom is 0.277 e. The molecule has 0 aliphatic rings. The van der Waals surface area contributed by atoms with Crippen molar-refractivity contribution in [1.82, 2.24) is 5.43 Å². The molecule has 2 aromatic carbocycles. The van der Waals surface area contributed by atoms with Gasteiger partial charge in [0.1, 0.15) is 5.75 Å². The molecule has 0 atom stereocenters. The fourth-order valence-electron chi connectivity index (χ4n) is 2.04. The number of methoxy groups -OCH3 is 1. The smallest absolute Gasteiger partial charge is 0.277 e. The molecule has 0 spiro atoms. The van der Waals surface area contributed by atoms with Crippen LogP contribution in [0.3, 0.4) is 0 Å². The van der Waals surface area contributed by atoms with Gasteiger partial charge in [-0.3, -0.25) is 14.9 Å². The van der Waals surface area contributed by atoms with Gasteiger partial charge >= 0.3 is 0 Å². The van der Waals surface area contributed by atoms with Crippen LogP contribution in [0.5, 0.6) is 17.2 Å². The maximum absolute atomic E-state index is 11.8. The number of carbonyl (C=O) groups excluding carboxylic acids is 1. The van der Waals surface area contributed by atoms with E-state index in [2.05, 4.69) is 10.5 Å². The van der Waals surface area contributed by atoms with Crippen molar-refractivity contribution in [3.8, 4) is 17.2 Å². The number of benzene rings is 2. The number of aromatic hydroxyl groups is 1. The van der Waals surface area contributed by atoms with Crippen LogP contribution >= 0.6 is 11.6 Å².